The zero-order chi connectivity index (χ0) is 15.5. The van der Waals surface area contributed by atoms with Crippen LogP contribution in [0.25, 0.3) is 0 Å². The Kier molecular flexibility index (Phi) is 4.09. The van der Waals surface area contributed by atoms with Gasteiger partial charge in [0.1, 0.15) is 17.8 Å². The number of rotatable bonds is 3. The van der Waals surface area contributed by atoms with Crippen molar-refractivity contribution in [1.29, 1.82) is 0 Å². The number of nitrogens with zero attached hydrogens (tertiary/aromatic N) is 4. The predicted octanol–water partition coefficient (Wildman–Crippen LogP) is 2.88. The molecular weight excluding hydrogens is 276 g/mol. The molecule has 0 aromatic carbocycles. The van der Waals surface area contributed by atoms with Gasteiger partial charge in [0.2, 0.25) is 0 Å². The summed E-state index contributed by atoms with van der Waals surface area (Å²) in [6.45, 7) is 5.21. The number of aryl methyl sites for hydroxylation is 1. The first-order chi connectivity index (χ1) is 10.6. The van der Waals surface area contributed by atoms with Crippen molar-refractivity contribution in [2.75, 3.05) is 22.5 Å². The van der Waals surface area contributed by atoms with Crippen LogP contribution in [0.2, 0.25) is 0 Å². The largest absolute Gasteiger partial charge is 0.393 e. The highest BCUT2D eigenvalue weighted by Crippen LogP contribution is 2.31. The lowest BCUT2D eigenvalue weighted by molar-refractivity contribution is 0.481. The smallest absolute Gasteiger partial charge is 0.160 e. The maximum atomic E-state index is 6.30. The number of nitrogen functional groups attached to an aromatic ring is 1. The molecule has 116 valence electrons. The van der Waals surface area contributed by atoms with Crippen molar-refractivity contribution in [1.82, 2.24) is 15.0 Å². The first-order valence-corrected chi connectivity index (χ1v) is 7.72. The second kappa shape index (κ2) is 6.17. The maximum absolute atomic E-state index is 6.30. The molecular formula is C16H22N6. The van der Waals surface area contributed by atoms with Crippen LogP contribution in [-0.2, 0) is 0 Å². The third-order valence-electron chi connectivity index (χ3n) is 4.10. The normalized spacial score (nSPS) is 18.3. The minimum Gasteiger partial charge on any atom is -0.393 e. The number of anilines is 4. The molecule has 2 aromatic heterocycles. The van der Waals surface area contributed by atoms with Crippen molar-refractivity contribution in [3.05, 3.63) is 30.2 Å². The lowest BCUT2D eigenvalue weighted by atomic mass is 10.0. The van der Waals surface area contributed by atoms with Crippen molar-refractivity contribution in [2.45, 2.75) is 39.2 Å². The topological polar surface area (TPSA) is 80.0 Å². The third kappa shape index (κ3) is 2.95. The molecule has 22 heavy (non-hydrogen) atoms. The fourth-order valence-electron chi connectivity index (χ4n) is 2.79. The van der Waals surface area contributed by atoms with Crippen LogP contribution in [0.5, 0.6) is 0 Å². The molecule has 3 heterocycles. The van der Waals surface area contributed by atoms with Crippen LogP contribution in [0.4, 0.5) is 23.1 Å². The summed E-state index contributed by atoms with van der Waals surface area (Å²) in [4.78, 5) is 15.3. The first-order valence-electron chi connectivity index (χ1n) is 7.72. The van der Waals surface area contributed by atoms with E-state index < -0.39 is 0 Å². The van der Waals surface area contributed by atoms with Crippen molar-refractivity contribution in [3.63, 3.8) is 0 Å². The van der Waals surface area contributed by atoms with Crippen molar-refractivity contribution in [3.8, 4) is 0 Å². The van der Waals surface area contributed by atoms with Crippen LogP contribution in [0.1, 0.15) is 31.7 Å². The minimum atomic E-state index is 0.455. The molecule has 1 atom stereocenters. The number of aromatic nitrogens is 3. The molecule has 0 aliphatic carbocycles. The molecule has 0 spiro atoms. The highest BCUT2D eigenvalue weighted by Gasteiger charge is 2.23. The average molecular weight is 298 g/mol. The van der Waals surface area contributed by atoms with Crippen LogP contribution in [0.15, 0.2) is 24.7 Å². The van der Waals surface area contributed by atoms with Gasteiger partial charge in [-0.05, 0) is 44.7 Å². The van der Waals surface area contributed by atoms with E-state index >= 15 is 0 Å². The Bertz CT molecular complexity index is 640. The lowest BCUT2D eigenvalue weighted by Gasteiger charge is -2.35. The highest BCUT2D eigenvalue weighted by molar-refractivity contribution is 5.77. The zero-order valence-electron chi connectivity index (χ0n) is 13.1. The number of pyridine rings is 1. The zero-order valence-corrected chi connectivity index (χ0v) is 13.1. The number of hydrogen-bond donors (Lipinski definition) is 2. The molecule has 0 bridgehead atoms. The van der Waals surface area contributed by atoms with Gasteiger partial charge < -0.3 is 16.0 Å². The standard InChI is InChI=1S/C16H22N6/c1-11-6-7-13(18-9-11)21-15-14(17)16(20-10-19-15)22-8-4-3-5-12(22)2/h6-7,9-10,12H,3-5,8,17H2,1-2H3,(H,18,19,20,21). The predicted molar refractivity (Wildman–Crippen MR) is 89.4 cm³/mol. The summed E-state index contributed by atoms with van der Waals surface area (Å²) < 4.78 is 0. The van der Waals surface area contributed by atoms with Crippen LogP contribution in [0.3, 0.4) is 0 Å². The Morgan fingerprint density at radius 2 is 2.09 bits per heavy atom. The van der Waals surface area contributed by atoms with Gasteiger partial charge >= 0.3 is 0 Å². The molecule has 1 aliphatic rings. The highest BCUT2D eigenvalue weighted by atomic mass is 15.2. The van der Waals surface area contributed by atoms with Crippen molar-refractivity contribution < 1.29 is 0 Å². The van der Waals surface area contributed by atoms with Gasteiger partial charge in [-0.15, -0.1) is 0 Å². The molecule has 3 rings (SSSR count). The second-order valence-corrected chi connectivity index (χ2v) is 5.84. The Balaban J connectivity index is 1.86. The number of hydrogen-bond acceptors (Lipinski definition) is 6. The number of nitrogens with two attached hydrogens (primary N) is 1. The Morgan fingerprint density at radius 1 is 1.23 bits per heavy atom. The lowest BCUT2D eigenvalue weighted by Crippen LogP contribution is -2.38. The fourth-order valence-corrected chi connectivity index (χ4v) is 2.79. The van der Waals surface area contributed by atoms with Gasteiger partial charge in [0.15, 0.2) is 11.6 Å². The fraction of sp³-hybridized carbons (Fsp3) is 0.438. The molecule has 2 aromatic rings. The first kappa shape index (κ1) is 14.6. The van der Waals surface area contributed by atoms with Gasteiger partial charge in [-0.3, -0.25) is 0 Å². The van der Waals surface area contributed by atoms with Gasteiger partial charge in [0.25, 0.3) is 0 Å². The molecule has 1 saturated heterocycles. The van der Waals surface area contributed by atoms with E-state index in [1.54, 1.807) is 6.33 Å². The molecule has 1 unspecified atom stereocenters. The average Bonchev–Trinajstić information content (AvgIpc) is 2.52. The molecule has 3 N–H and O–H groups in total. The summed E-state index contributed by atoms with van der Waals surface area (Å²) in [5.74, 6) is 2.16. The Morgan fingerprint density at radius 3 is 2.82 bits per heavy atom. The molecule has 1 aliphatic heterocycles. The minimum absolute atomic E-state index is 0.455. The number of piperidine rings is 1. The maximum Gasteiger partial charge on any atom is 0.160 e. The Labute approximate surface area is 130 Å². The van der Waals surface area contributed by atoms with Crippen LogP contribution in [-0.4, -0.2) is 27.5 Å². The molecule has 0 saturated carbocycles. The van der Waals surface area contributed by atoms with E-state index in [1.807, 2.05) is 25.3 Å². The summed E-state index contributed by atoms with van der Waals surface area (Å²) in [5.41, 5.74) is 7.99. The van der Waals surface area contributed by atoms with Gasteiger partial charge in [-0.25, -0.2) is 15.0 Å². The quantitative estimate of drug-likeness (QED) is 0.907. The van der Waals surface area contributed by atoms with Gasteiger partial charge in [0.05, 0.1) is 0 Å². The van der Waals surface area contributed by atoms with E-state index in [1.165, 1.54) is 19.3 Å². The molecule has 6 nitrogen and oxygen atoms in total. The van der Waals surface area contributed by atoms with E-state index in [-0.39, 0.29) is 0 Å². The molecule has 0 radical (unpaired) electrons. The third-order valence-corrected chi connectivity index (χ3v) is 4.10. The van der Waals surface area contributed by atoms with Gasteiger partial charge in [-0.1, -0.05) is 6.07 Å². The second-order valence-electron chi connectivity index (χ2n) is 5.84. The SMILES string of the molecule is Cc1ccc(Nc2ncnc(N3CCCCC3C)c2N)nc1. The van der Waals surface area contributed by atoms with E-state index in [4.69, 9.17) is 5.73 Å². The molecule has 1 fully saturated rings. The van der Waals surface area contributed by atoms with E-state index in [0.717, 1.165) is 23.7 Å². The van der Waals surface area contributed by atoms with E-state index in [0.29, 0.717) is 17.5 Å². The van der Waals surface area contributed by atoms with Crippen LogP contribution >= 0.6 is 0 Å². The van der Waals surface area contributed by atoms with Gasteiger partial charge in [0, 0.05) is 18.8 Å². The summed E-state index contributed by atoms with van der Waals surface area (Å²) in [7, 11) is 0. The van der Waals surface area contributed by atoms with Crippen molar-refractivity contribution >= 4 is 23.1 Å². The summed E-state index contributed by atoms with van der Waals surface area (Å²) >= 11 is 0. The van der Waals surface area contributed by atoms with E-state index in [9.17, 15) is 0 Å². The summed E-state index contributed by atoms with van der Waals surface area (Å²) in [6, 6.07) is 4.37. The van der Waals surface area contributed by atoms with E-state index in [2.05, 4.69) is 32.1 Å². The molecule has 0 amide bonds. The van der Waals surface area contributed by atoms with Gasteiger partial charge in [-0.2, -0.15) is 0 Å². The summed E-state index contributed by atoms with van der Waals surface area (Å²) in [6.07, 6.45) is 6.99. The molecule has 6 heteroatoms. The Hall–Kier alpha value is -2.37. The van der Waals surface area contributed by atoms with Crippen LogP contribution < -0.4 is 16.0 Å². The monoisotopic (exact) mass is 298 g/mol. The summed E-state index contributed by atoms with van der Waals surface area (Å²) in [5, 5.41) is 3.18. The van der Waals surface area contributed by atoms with Crippen LogP contribution in [0, 0.1) is 6.92 Å². The number of nitrogens with one attached hydrogen (secondary N) is 1. The van der Waals surface area contributed by atoms with Crippen molar-refractivity contribution in [2.24, 2.45) is 0 Å².